The third-order valence-electron chi connectivity index (χ3n) is 17.0. The van der Waals surface area contributed by atoms with Gasteiger partial charge in [-0.05, 0) is 108 Å². The maximum absolute atomic E-state index is 16.6. The van der Waals surface area contributed by atoms with Crippen LogP contribution in [0.2, 0.25) is 0 Å². The number of carbonyl (C=O) groups is 1. The first-order chi connectivity index (χ1) is 30.5. The minimum atomic E-state index is -0.924. The van der Waals surface area contributed by atoms with Crippen molar-refractivity contribution in [1.82, 2.24) is 42.1 Å². The number of alkyl halides is 2. The average Bonchev–Trinajstić information content (AvgIpc) is 3.96. The van der Waals surface area contributed by atoms with Crippen molar-refractivity contribution < 1.29 is 18.7 Å². The third kappa shape index (κ3) is 9.48. The van der Waals surface area contributed by atoms with Crippen molar-refractivity contribution in [3.63, 3.8) is 0 Å². The van der Waals surface area contributed by atoms with E-state index < -0.39 is 6.17 Å². The molecule has 0 bridgehead atoms. The second-order valence-electron chi connectivity index (χ2n) is 21.3. The number of hydrogen-bond donors (Lipinski definition) is 6. The zero-order valence-corrected chi connectivity index (χ0v) is 39.2. The predicted molar refractivity (Wildman–Crippen MR) is 243 cm³/mol. The molecule has 10 rings (SSSR count). The first-order valence-electron chi connectivity index (χ1n) is 24.8. The standard InChI is InChI=1S/C47H72ClFN10O3S/c1-26-27(2)63-46-42(26)43(53-39(20-41-51-16-17-61-41)44-57-54-28(3)59(44)46)35-13-6-29(18-37(35)49)4-5-30-21-47(22-30)24-58(25-47)40-15-14-38(55-56-40)45(60)52-32-8-11-33(12-9-32)62-34-10-7-31(23-50)36(48)19-34/h26-42,44,46,51,54-57H,6-22,24-25H2,1-3H3,(H,52,60). The number of nitrogens with one attached hydrogen (secondary N) is 6. The number of fused-ring (bicyclic) bond motifs is 3. The van der Waals surface area contributed by atoms with E-state index in [4.69, 9.17) is 26.1 Å². The van der Waals surface area contributed by atoms with E-state index in [0.29, 0.717) is 28.9 Å². The van der Waals surface area contributed by atoms with Crippen LogP contribution in [0.1, 0.15) is 117 Å². The van der Waals surface area contributed by atoms with E-state index in [1.807, 2.05) is 11.8 Å². The molecule has 1 spiro atoms. The Labute approximate surface area is 383 Å². The van der Waals surface area contributed by atoms with Crippen LogP contribution in [0.25, 0.3) is 0 Å². The van der Waals surface area contributed by atoms with Crippen LogP contribution < -0.4 is 32.3 Å². The summed E-state index contributed by atoms with van der Waals surface area (Å²) in [5.41, 5.74) is 15.4. The summed E-state index contributed by atoms with van der Waals surface area (Å²) in [6.45, 7) is 10.7. The second-order valence-corrected chi connectivity index (χ2v) is 23.4. The molecule has 5 saturated heterocycles. The Balaban J connectivity index is 0.653. The van der Waals surface area contributed by atoms with Crippen molar-refractivity contribution in [2.45, 2.75) is 194 Å². The molecule has 13 nitrogen and oxygen atoms in total. The molecular formula is C47H72ClFN10O3S. The van der Waals surface area contributed by atoms with Gasteiger partial charge in [0.1, 0.15) is 18.4 Å². The Morgan fingerprint density at radius 1 is 0.984 bits per heavy atom. The minimum absolute atomic E-state index is 0.0198. The summed E-state index contributed by atoms with van der Waals surface area (Å²) in [4.78, 5) is 23.9. The summed E-state index contributed by atoms with van der Waals surface area (Å²) in [5, 5.41) is 16.7. The van der Waals surface area contributed by atoms with E-state index in [1.54, 1.807) is 0 Å². The molecule has 16 heteroatoms. The molecule has 0 radical (unpaired) electrons. The Morgan fingerprint density at radius 2 is 1.78 bits per heavy atom. The van der Waals surface area contributed by atoms with Gasteiger partial charge in [0, 0.05) is 66.7 Å². The molecule has 4 aliphatic carbocycles. The van der Waals surface area contributed by atoms with Crippen LogP contribution >= 0.6 is 23.4 Å². The molecule has 6 N–H and O–H groups in total. The normalized spacial score (nSPS) is 46.6. The molecule has 0 aromatic rings. The van der Waals surface area contributed by atoms with Gasteiger partial charge in [-0.15, -0.1) is 23.4 Å². The lowest BCUT2D eigenvalue weighted by Crippen LogP contribution is -2.70. The molecule has 4 saturated carbocycles. The fourth-order valence-electron chi connectivity index (χ4n) is 13.2. The monoisotopic (exact) mass is 911 g/mol. The number of thioether (sulfide) groups is 1. The lowest BCUT2D eigenvalue weighted by Gasteiger charge is -2.60. The van der Waals surface area contributed by atoms with E-state index in [1.165, 1.54) is 0 Å². The second kappa shape index (κ2) is 19.2. The van der Waals surface area contributed by atoms with Gasteiger partial charge in [-0.25, -0.2) is 26.1 Å². The van der Waals surface area contributed by atoms with E-state index in [9.17, 15) is 10.1 Å². The van der Waals surface area contributed by atoms with Crippen LogP contribution in [-0.4, -0.2) is 125 Å². The van der Waals surface area contributed by atoms with E-state index in [-0.39, 0.29) is 95.4 Å². The van der Waals surface area contributed by atoms with Gasteiger partial charge < -0.3 is 14.8 Å². The Hall–Kier alpha value is -1.60. The number of ether oxygens (including phenoxy) is 2. The van der Waals surface area contributed by atoms with Crippen LogP contribution in [0.5, 0.6) is 0 Å². The van der Waals surface area contributed by atoms with Gasteiger partial charge in [0.2, 0.25) is 5.91 Å². The largest absolute Gasteiger partial charge is 0.375 e. The summed E-state index contributed by atoms with van der Waals surface area (Å²) in [5.74, 6) is 8.28. The van der Waals surface area contributed by atoms with Crippen molar-refractivity contribution >= 4 is 35.0 Å². The lowest BCUT2D eigenvalue weighted by molar-refractivity contribution is -0.131. The number of carbonyl (C=O) groups excluding carboxylic acids is 1. The van der Waals surface area contributed by atoms with Gasteiger partial charge in [0.05, 0.1) is 66.1 Å². The number of nitrogens with zero attached hydrogens (tertiary/aromatic N) is 4. The van der Waals surface area contributed by atoms with Crippen molar-refractivity contribution in [3.05, 3.63) is 0 Å². The van der Waals surface area contributed by atoms with Crippen LogP contribution in [0.15, 0.2) is 4.99 Å². The third-order valence-corrected chi connectivity index (χ3v) is 19.2. The molecule has 348 valence electrons. The Morgan fingerprint density at radius 3 is 2.49 bits per heavy atom. The quantitative estimate of drug-likeness (QED) is 0.148. The fraction of sp³-hybridized carbons (Fsp3) is 0.894. The van der Waals surface area contributed by atoms with Crippen molar-refractivity contribution in [1.29, 1.82) is 5.26 Å². The molecule has 6 heterocycles. The predicted octanol–water partition coefficient (Wildman–Crippen LogP) is 4.74. The number of aliphatic imine (C=N–C) groups is 1. The molecule has 63 heavy (non-hydrogen) atoms. The number of hydrazine groups is 2. The van der Waals surface area contributed by atoms with Crippen LogP contribution in [0.3, 0.4) is 0 Å². The zero-order chi connectivity index (χ0) is 43.4. The number of rotatable bonds is 8. The molecule has 0 aromatic heterocycles. The molecule has 0 aromatic carbocycles. The zero-order valence-electron chi connectivity index (χ0n) is 37.6. The average molecular weight is 912 g/mol. The van der Waals surface area contributed by atoms with E-state index in [0.717, 1.165) is 122 Å². The highest BCUT2D eigenvalue weighted by molar-refractivity contribution is 8.00. The Kier molecular flexibility index (Phi) is 13.8. The van der Waals surface area contributed by atoms with Crippen molar-refractivity contribution in [2.75, 3.05) is 26.2 Å². The van der Waals surface area contributed by atoms with Gasteiger partial charge in [-0.2, -0.15) is 5.26 Å². The van der Waals surface area contributed by atoms with E-state index in [2.05, 4.69) is 80.8 Å². The van der Waals surface area contributed by atoms with Gasteiger partial charge in [-0.1, -0.05) is 25.7 Å². The van der Waals surface area contributed by atoms with Gasteiger partial charge in [0.15, 0.2) is 0 Å². The van der Waals surface area contributed by atoms with E-state index >= 15 is 4.39 Å². The summed E-state index contributed by atoms with van der Waals surface area (Å²) in [6, 6.07) is 2.27. The van der Waals surface area contributed by atoms with Gasteiger partial charge in [0.25, 0.3) is 0 Å². The van der Waals surface area contributed by atoms with Gasteiger partial charge >= 0.3 is 0 Å². The summed E-state index contributed by atoms with van der Waals surface area (Å²) < 4.78 is 29.0. The van der Waals surface area contributed by atoms with Crippen LogP contribution in [-0.2, 0) is 14.3 Å². The minimum Gasteiger partial charge on any atom is -0.375 e. The number of hydrogen-bond acceptors (Lipinski definition) is 13. The highest BCUT2D eigenvalue weighted by Gasteiger charge is 2.56. The molecule has 9 fully saturated rings. The smallest absolute Gasteiger partial charge is 0.238 e. The number of likely N-dealkylation sites (tertiary alicyclic amines) is 1. The van der Waals surface area contributed by atoms with Gasteiger partial charge in [-0.3, -0.25) is 24.9 Å². The number of halogens is 2. The topological polar surface area (TPSA) is 150 Å². The van der Waals surface area contributed by atoms with Crippen LogP contribution in [0, 0.1) is 64.1 Å². The highest BCUT2D eigenvalue weighted by Crippen LogP contribution is 2.53. The van der Waals surface area contributed by atoms with Crippen molar-refractivity contribution in [3.8, 4) is 17.9 Å². The summed E-state index contributed by atoms with van der Waals surface area (Å²) >= 11 is 8.48. The number of amides is 1. The fourth-order valence-corrected chi connectivity index (χ4v) is 15.5. The molecule has 16 atom stereocenters. The first-order valence-corrected chi connectivity index (χ1v) is 26.2. The molecular weight excluding hydrogens is 839 g/mol. The molecule has 1 amide bonds. The summed E-state index contributed by atoms with van der Waals surface area (Å²) in [6.07, 6.45) is 13.1. The molecule has 10 aliphatic rings. The highest BCUT2D eigenvalue weighted by atomic mass is 35.5. The molecule has 6 aliphatic heterocycles. The SMILES string of the molecule is CC1SC2C(C(C3CCC(C#CC4CC5(C4)CN(C4CCC(C(=O)NC6CCC(OC7CCC(C#N)C(Cl)C7)CC6)NN4)C5)CC3F)=NC(CC3NCCO3)C3NNC(C)N32)C1C. The summed E-state index contributed by atoms with van der Waals surface area (Å²) in [7, 11) is 0. The Bertz CT molecular complexity index is 1760. The number of nitriles is 1. The molecule has 16 unspecified atom stereocenters. The first kappa shape index (κ1) is 45.2. The maximum atomic E-state index is 16.6. The maximum Gasteiger partial charge on any atom is 0.238 e. The van der Waals surface area contributed by atoms with Crippen molar-refractivity contribution in [2.24, 2.45) is 45.9 Å². The van der Waals surface area contributed by atoms with Crippen LogP contribution in [0.4, 0.5) is 4.39 Å². The lowest BCUT2D eigenvalue weighted by atomic mass is 9.57.